The summed E-state index contributed by atoms with van der Waals surface area (Å²) in [5.41, 5.74) is 1.93. The first-order chi connectivity index (χ1) is 7.47. The maximum atomic E-state index is 10.8. The molecule has 0 aliphatic rings. The number of hydrogen-bond acceptors (Lipinski definition) is 2. The summed E-state index contributed by atoms with van der Waals surface area (Å²) in [5, 5.41) is 8.91. The first-order valence-electron chi connectivity index (χ1n) is 5.02. The number of carboxylic acids is 1. The highest BCUT2D eigenvalue weighted by Gasteiger charge is 2.17. The van der Waals surface area contributed by atoms with Crippen LogP contribution in [0.1, 0.15) is 18.1 Å². The lowest BCUT2D eigenvalue weighted by Gasteiger charge is -2.15. The smallest absolute Gasteiger partial charge is 0.306 e. The van der Waals surface area contributed by atoms with Crippen LogP contribution in [0.25, 0.3) is 0 Å². The second kappa shape index (κ2) is 5.34. The van der Waals surface area contributed by atoms with E-state index in [1.807, 2.05) is 19.1 Å². The number of aliphatic carboxylic acids is 1. The van der Waals surface area contributed by atoms with Crippen molar-refractivity contribution in [3.05, 3.63) is 27.7 Å². The average Bonchev–Trinajstić information content (AvgIpc) is 2.23. The number of carbonyl (C=O) groups is 1. The molecule has 0 spiro atoms. The molecule has 1 rings (SSSR count). The average molecular weight is 287 g/mol. The summed E-state index contributed by atoms with van der Waals surface area (Å²) in [5.74, 6) is -0.454. The number of ether oxygens (including phenoxy) is 1. The summed E-state index contributed by atoms with van der Waals surface area (Å²) in [6.07, 6.45) is 0.459. The first-order valence-corrected chi connectivity index (χ1v) is 5.81. The van der Waals surface area contributed by atoms with Crippen LogP contribution >= 0.6 is 15.9 Å². The van der Waals surface area contributed by atoms with E-state index in [1.165, 1.54) is 0 Å². The van der Waals surface area contributed by atoms with Crippen molar-refractivity contribution in [2.24, 2.45) is 5.92 Å². The van der Waals surface area contributed by atoms with Crippen LogP contribution in [-0.2, 0) is 11.2 Å². The van der Waals surface area contributed by atoms with Crippen LogP contribution in [0.5, 0.6) is 5.75 Å². The monoisotopic (exact) mass is 286 g/mol. The Balaban J connectivity index is 3.11. The van der Waals surface area contributed by atoms with Gasteiger partial charge in [-0.05, 0) is 25.0 Å². The van der Waals surface area contributed by atoms with Crippen LogP contribution in [0.3, 0.4) is 0 Å². The van der Waals surface area contributed by atoms with E-state index in [4.69, 9.17) is 9.84 Å². The maximum Gasteiger partial charge on any atom is 0.306 e. The number of rotatable bonds is 4. The fourth-order valence-corrected chi connectivity index (χ4v) is 2.06. The SMILES string of the molecule is COc1c(C)ccc(Br)c1CC(C)C(=O)O. The van der Waals surface area contributed by atoms with E-state index in [2.05, 4.69) is 15.9 Å². The zero-order chi connectivity index (χ0) is 12.3. The van der Waals surface area contributed by atoms with Gasteiger partial charge in [0.15, 0.2) is 0 Å². The van der Waals surface area contributed by atoms with E-state index in [9.17, 15) is 4.79 Å². The van der Waals surface area contributed by atoms with E-state index in [0.29, 0.717) is 6.42 Å². The molecule has 88 valence electrons. The van der Waals surface area contributed by atoms with E-state index in [-0.39, 0.29) is 0 Å². The third-order valence-corrected chi connectivity index (χ3v) is 3.28. The lowest BCUT2D eigenvalue weighted by Crippen LogP contribution is -2.13. The van der Waals surface area contributed by atoms with Crippen LogP contribution in [0, 0.1) is 12.8 Å². The highest BCUT2D eigenvalue weighted by molar-refractivity contribution is 9.10. The highest BCUT2D eigenvalue weighted by atomic mass is 79.9. The molecule has 1 atom stereocenters. The molecular weight excluding hydrogens is 272 g/mol. The Morgan fingerprint density at radius 3 is 2.69 bits per heavy atom. The van der Waals surface area contributed by atoms with Gasteiger partial charge < -0.3 is 9.84 Å². The van der Waals surface area contributed by atoms with Gasteiger partial charge in [0, 0.05) is 10.0 Å². The molecule has 0 amide bonds. The van der Waals surface area contributed by atoms with Gasteiger partial charge in [0.2, 0.25) is 0 Å². The lowest BCUT2D eigenvalue weighted by atomic mass is 9.98. The van der Waals surface area contributed by atoms with E-state index in [0.717, 1.165) is 21.3 Å². The quantitative estimate of drug-likeness (QED) is 0.926. The van der Waals surface area contributed by atoms with Crippen LogP contribution in [0.15, 0.2) is 16.6 Å². The molecule has 0 aromatic heterocycles. The molecule has 0 fully saturated rings. The summed E-state index contributed by atoms with van der Waals surface area (Å²) in [6.45, 7) is 3.64. The van der Waals surface area contributed by atoms with Crippen molar-refractivity contribution >= 4 is 21.9 Å². The molecule has 0 aliphatic carbocycles. The number of halogens is 1. The van der Waals surface area contributed by atoms with Crippen molar-refractivity contribution in [1.82, 2.24) is 0 Å². The van der Waals surface area contributed by atoms with Gasteiger partial charge in [-0.3, -0.25) is 4.79 Å². The van der Waals surface area contributed by atoms with Gasteiger partial charge >= 0.3 is 5.97 Å². The summed E-state index contributed by atoms with van der Waals surface area (Å²) in [4.78, 5) is 10.8. The maximum absolute atomic E-state index is 10.8. The van der Waals surface area contributed by atoms with Crippen molar-refractivity contribution in [2.75, 3.05) is 7.11 Å². The largest absolute Gasteiger partial charge is 0.496 e. The molecule has 0 bridgehead atoms. The summed E-state index contributed by atoms with van der Waals surface area (Å²) >= 11 is 3.43. The number of carboxylic acid groups (broad SMARTS) is 1. The first kappa shape index (κ1) is 13.0. The number of hydrogen-bond donors (Lipinski definition) is 1. The van der Waals surface area contributed by atoms with Crippen LogP contribution in [-0.4, -0.2) is 18.2 Å². The van der Waals surface area contributed by atoms with Gasteiger partial charge in [-0.1, -0.05) is 28.9 Å². The second-order valence-corrected chi connectivity index (χ2v) is 4.67. The molecule has 1 unspecified atom stereocenters. The zero-order valence-electron chi connectivity index (χ0n) is 9.58. The lowest BCUT2D eigenvalue weighted by molar-refractivity contribution is -0.141. The fourth-order valence-electron chi connectivity index (χ4n) is 1.59. The van der Waals surface area contributed by atoms with Crippen molar-refractivity contribution < 1.29 is 14.6 Å². The third-order valence-electron chi connectivity index (χ3n) is 2.54. The van der Waals surface area contributed by atoms with Gasteiger partial charge in [-0.25, -0.2) is 0 Å². The number of methoxy groups -OCH3 is 1. The van der Waals surface area contributed by atoms with Gasteiger partial charge in [0.05, 0.1) is 13.0 Å². The Morgan fingerprint density at radius 1 is 1.56 bits per heavy atom. The molecular formula is C12H15BrO3. The zero-order valence-corrected chi connectivity index (χ0v) is 11.2. The second-order valence-electron chi connectivity index (χ2n) is 3.82. The van der Waals surface area contributed by atoms with E-state index < -0.39 is 11.9 Å². The van der Waals surface area contributed by atoms with Crippen molar-refractivity contribution in [1.29, 1.82) is 0 Å². The minimum absolute atomic E-state index is 0.424. The standard InChI is InChI=1S/C12H15BrO3/c1-7-4-5-10(13)9(11(7)16-3)6-8(2)12(14)15/h4-5,8H,6H2,1-3H3,(H,14,15). The summed E-state index contributed by atoms with van der Waals surface area (Å²) < 4.78 is 6.21. The van der Waals surface area contributed by atoms with Crippen LogP contribution in [0.4, 0.5) is 0 Å². The third kappa shape index (κ3) is 2.76. The van der Waals surface area contributed by atoms with Gasteiger partial charge in [0.1, 0.15) is 5.75 Å². The molecule has 16 heavy (non-hydrogen) atoms. The predicted molar refractivity (Wildman–Crippen MR) is 65.9 cm³/mol. The number of aryl methyl sites for hydroxylation is 1. The Morgan fingerprint density at radius 2 is 2.19 bits per heavy atom. The molecule has 1 aromatic rings. The Kier molecular flexibility index (Phi) is 4.35. The molecule has 0 saturated carbocycles. The summed E-state index contributed by atoms with van der Waals surface area (Å²) in [6, 6.07) is 3.86. The van der Waals surface area contributed by atoms with Crippen molar-refractivity contribution in [2.45, 2.75) is 20.3 Å². The highest BCUT2D eigenvalue weighted by Crippen LogP contribution is 2.32. The van der Waals surface area contributed by atoms with Crippen molar-refractivity contribution in [3.8, 4) is 5.75 Å². The Hall–Kier alpha value is -1.03. The molecule has 0 aliphatic heterocycles. The minimum atomic E-state index is -0.796. The molecule has 0 saturated heterocycles. The Bertz CT molecular complexity index is 401. The fraction of sp³-hybridized carbons (Fsp3) is 0.417. The van der Waals surface area contributed by atoms with Crippen LogP contribution < -0.4 is 4.74 Å². The minimum Gasteiger partial charge on any atom is -0.496 e. The van der Waals surface area contributed by atoms with Gasteiger partial charge in [-0.2, -0.15) is 0 Å². The molecule has 3 nitrogen and oxygen atoms in total. The normalized spacial score (nSPS) is 12.2. The Labute approximate surface area is 104 Å². The van der Waals surface area contributed by atoms with E-state index in [1.54, 1.807) is 14.0 Å². The number of benzene rings is 1. The molecule has 1 N–H and O–H groups in total. The van der Waals surface area contributed by atoms with Gasteiger partial charge in [0.25, 0.3) is 0 Å². The van der Waals surface area contributed by atoms with Crippen LogP contribution in [0.2, 0.25) is 0 Å². The molecule has 4 heteroatoms. The topological polar surface area (TPSA) is 46.5 Å². The van der Waals surface area contributed by atoms with E-state index >= 15 is 0 Å². The molecule has 0 radical (unpaired) electrons. The summed E-state index contributed by atoms with van der Waals surface area (Å²) in [7, 11) is 1.60. The molecule has 0 heterocycles. The van der Waals surface area contributed by atoms with Gasteiger partial charge in [-0.15, -0.1) is 0 Å². The predicted octanol–water partition coefficient (Wildman–Crippen LogP) is 3.03. The van der Waals surface area contributed by atoms with Crippen molar-refractivity contribution in [3.63, 3.8) is 0 Å². The molecule has 1 aromatic carbocycles.